The summed E-state index contributed by atoms with van der Waals surface area (Å²) in [5.74, 6) is 1.27. The van der Waals surface area contributed by atoms with E-state index in [1.54, 1.807) is 12.1 Å². The number of aryl methyl sites for hydroxylation is 1. The van der Waals surface area contributed by atoms with E-state index in [0.717, 1.165) is 5.56 Å². The average Bonchev–Trinajstić information content (AvgIpc) is 2.69. The van der Waals surface area contributed by atoms with E-state index >= 15 is 0 Å². The van der Waals surface area contributed by atoms with Crippen molar-refractivity contribution >= 4 is 30.6 Å². The molecule has 0 spiro atoms. The first kappa shape index (κ1) is 23.6. The van der Waals surface area contributed by atoms with Crippen molar-refractivity contribution in [3.8, 4) is 11.5 Å². The molecule has 0 aliphatic carbocycles. The molecule has 0 aliphatic heterocycles. The van der Waals surface area contributed by atoms with Crippen molar-refractivity contribution in [3.05, 3.63) is 52.5 Å². The molecule has 0 heterocycles. The summed E-state index contributed by atoms with van der Waals surface area (Å²) in [4.78, 5) is 13.5. The highest BCUT2D eigenvalue weighted by Crippen LogP contribution is 2.45. The number of benzene rings is 2. The monoisotopic (exact) mass is 438 g/mol. The highest BCUT2D eigenvalue weighted by atomic mass is 35.5. The second kappa shape index (κ2) is 12.1. The third-order valence-electron chi connectivity index (χ3n) is 4.03. The van der Waals surface area contributed by atoms with Crippen LogP contribution >= 0.6 is 19.7 Å². The maximum absolute atomic E-state index is 13.5. The zero-order valence-electron chi connectivity index (χ0n) is 17.4. The molecule has 0 saturated carbocycles. The lowest BCUT2D eigenvalue weighted by molar-refractivity contribution is 0.102. The summed E-state index contributed by atoms with van der Waals surface area (Å²) in [5.41, 5.74) is 1.14. The Labute approximate surface area is 179 Å². The first-order chi connectivity index (χ1) is 14.0. The third-order valence-corrected chi connectivity index (χ3v) is 6.19. The molecule has 0 saturated heterocycles. The van der Waals surface area contributed by atoms with E-state index in [-0.39, 0.29) is 5.52 Å². The zero-order valence-corrected chi connectivity index (χ0v) is 19.0. The molecule has 0 amide bonds. The van der Waals surface area contributed by atoms with Crippen molar-refractivity contribution in [3.63, 3.8) is 0 Å². The molecule has 5 nitrogen and oxygen atoms in total. The van der Waals surface area contributed by atoms with Gasteiger partial charge in [-0.25, -0.2) is 0 Å². The summed E-state index contributed by atoms with van der Waals surface area (Å²) in [6.45, 7) is 9.91. The fraction of sp³-hybridized carbons (Fsp3) is 0.409. The first-order valence-electron chi connectivity index (χ1n) is 9.73. The molecule has 0 fully saturated rings. The highest BCUT2D eigenvalue weighted by Gasteiger charge is 2.29. The molecule has 0 radical (unpaired) electrons. The van der Waals surface area contributed by atoms with Crippen LogP contribution in [0.25, 0.3) is 0 Å². The number of hydrogen-bond donors (Lipinski definition) is 0. The Morgan fingerprint density at radius 3 is 2.41 bits per heavy atom. The van der Waals surface area contributed by atoms with Gasteiger partial charge in [0, 0.05) is 18.2 Å². The summed E-state index contributed by atoms with van der Waals surface area (Å²) in [7, 11) is -1.68. The predicted molar refractivity (Wildman–Crippen MR) is 118 cm³/mol. The minimum Gasteiger partial charge on any atom is -0.494 e. The van der Waals surface area contributed by atoms with Crippen molar-refractivity contribution in [2.75, 3.05) is 33.0 Å². The van der Waals surface area contributed by atoms with E-state index in [9.17, 15) is 4.79 Å². The maximum atomic E-state index is 13.5. The summed E-state index contributed by atoms with van der Waals surface area (Å²) < 4.78 is 22.8. The quantitative estimate of drug-likeness (QED) is 0.330. The van der Waals surface area contributed by atoms with Gasteiger partial charge in [-0.15, -0.1) is 0 Å². The van der Waals surface area contributed by atoms with Gasteiger partial charge in [0.15, 0.2) is 0 Å². The summed E-state index contributed by atoms with van der Waals surface area (Å²) >= 11 is 6.37. The standard InChI is InChI=1S/C22H28ClO5P/c1-5-25-13-14-28-29(22(24)21-16(4)9-8-10-18(21)23)20-12-11-17(26-6-2)15-19(20)27-7-3/h8-12,15H,5-7,13-14H2,1-4H3. The van der Waals surface area contributed by atoms with E-state index in [1.807, 2.05) is 52.0 Å². The molecule has 7 heteroatoms. The van der Waals surface area contributed by atoms with Gasteiger partial charge in [-0.2, -0.15) is 0 Å². The number of rotatable bonds is 12. The molecule has 158 valence electrons. The molecule has 2 aromatic carbocycles. The van der Waals surface area contributed by atoms with Gasteiger partial charge in [0.05, 0.1) is 36.8 Å². The predicted octanol–water partition coefficient (Wildman–Crippen LogP) is 5.36. The van der Waals surface area contributed by atoms with Crippen LogP contribution in [0.3, 0.4) is 0 Å². The number of ether oxygens (including phenoxy) is 3. The van der Waals surface area contributed by atoms with Crippen LogP contribution in [-0.4, -0.2) is 38.6 Å². The Morgan fingerprint density at radius 1 is 1.00 bits per heavy atom. The molecule has 0 aliphatic rings. The minimum absolute atomic E-state index is 0.148. The molecular formula is C22H28ClO5P. The van der Waals surface area contributed by atoms with Crippen LogP contribution in [0.1, 0.15) is 36.7 Å². The van der Waals surface area contributed by atoms with Gasteiger partial charge in [0.1, 0.15) is 19.6 Å². The maximum Gasteiger partial charge on any atom is 0.218 e. The Hall–Kier alpha value is -1.65. The van der Waals surface area contributed by atoms with Gasteiger partial charge < -0.3 is 18.7 Å². The molecule has 0 aromatic heterocycles. The lowest BCUT2D eigenvalue weighted by atomic mass is 10.1. The van der Waals surface area contributed by atoms with Crippen molar-refractivity contribution < 1.29 is 23.5 Å². The van der Waals surface area contributed by atoms with Crippen LogP contribution < -0.4 is 14.8 Å². The molecule has 0 bridgehead atoms. The number of carbonyl (C=O) groups is 1. The Bertz CT molecular complexity index is 792. The lowest BCUT2D eigenvalue weighted by Gasteiger charge is -2.21. The minimum atomic E-state index is -1.68. The van der Waals surface area contributed by atoms with Crippen LogP contribution in [0.2, 0.25) is 5.02 Å². The summed E-state index contributed by atoms with van der Waals surface area (Å²) in [5, 5.41) is 1.12. The molecule has 2 aromatic rings. The third kappa shape index (κ3) is 6.42. The fourth-order valence-electron chi connectivity index (χ4n) is 2.76. The Kier molecular flexibility index (Phi) is 9.89. The second-order valence-corrected chi connectivity index (χ2v) is 8.20. The van der Waals surface area contributed by atoms with E-state index in [0.29, 0.717) is 60.4 Å². The molecule has 1 atom stereocenters. The van der Waals surface area contributed by atoms with Crippen LogP contribution in [0, 0.1) is 6.92 Å². The summed E-state index contributed by atoms with van der Waals surface area (Å²) in [6.07, 6.45) is 0. The van der Waals surface area contributed by atoms with E-state index in [4.69, 9.17) is 30.3 Å². The van der Waals surface area contributed by atoms with Crippen molar-refractivity contribution in [2.24, 2.45) is 0 Å². The topological polar surface area (TPSA) is 54.0 Å². The van der Waals surface area contributed by atoms with Crippen LogP contribution in [0.5, 0.6) is 11.5 Å². The first-order valence-corrected chi connectivity index (χ1v) is 11.4. The van der Waals surface area contributed by atoms with Crippen molar-refractivity contribution in [2.45, 2.75) is 27.7 Å². The van der Waals surface area contributed by atoms with Gasteiger partial charge >= 0.3 is 0 Å². The smallest absolute Gasteiger partial charge is 0.218 e. The number of carbonyl (C=O) groups excluding carboxylic acids is 1. The molecular weight excluding hydrogens is 411 g/mol. The summed E-state index contributed by atoms with van der Waals surface area (Å²) in [6, 6.07) is 10.9. The molecule has 1 unspecified atom stereocenters. The van der Waals surface area contributed by atoms with Crippen molar-refractivity contribution in [1.29, 1.82) is 0 Å². The Morgan fingerprint density at radius 2 is 1.76 bits per heavy atom. The molecule has 2 rings (SSSR count). The van der Waals surface area contributed by atoms with Gasteiger partial charge in [0.25, 0.3) is 0 Å². The fourth-order valence-corrected chi connectivity index (χ4v) is 4.91. The van der Waals surface area contributed by atoms with Gasteiger partial charge in [-0.1, -0.05) is 23.7 Å². The van der Waals surface area contributed by atoms with Crippen LogP contribution in [-0.2, 0) is 9.26 Å². The van der Waals surface area contributed by atoms with Crippen LogP contribution in [0.4, 0.5) is 0 Å². The van der Waals surface area contributed by atoms with E-state index < -0.39 is 8.15 Å². The van der Waals surface area contributed by atoms with E-state index in [2.05, 4.69) is 0 Å². The average molecular weight is 439 g/mol. The SMILES string of the molecule is CCOCCOP(C(=O)c1c(C)cccc1Cl)c1ccc(OCC)cc1OCC. The van der Waals surface area contributed by atoms with Crippen molar-refractivity contribution in [1.82, 2.24) is 0 Å². The van der Waals surface area contributed by atoms with Crippen LogP contribution in [0.15, 0.2) is 36.4 Å². The number of halogens is 1. The molecule has 29 heavy (non-hydrogen) atoms. The largest absolute Gasteiger partial charge is 0.494 e. The normalized spacial score (nSPS) is 11.9. The zero-order chi connectivity index (χ0) is 21.2. The van der Waals surface area contributed by atoms with Gasteiger partial charge in [-0.3, -0.25) is 4.79 Å². The van der Waals surface area contributed by atoms with Gasteiger partial charge in [-0.05, 0) is 51.5 Å². The van der Waals surface area contributed by atoms with Gasteiger partial charge in [0.2, 0.25) is 5.52 Å². The Balaban J connectivity index is 2.45. The lowest BCUT2D eigenvalue weighted by Crippen LogP contribution is -2.17. The highest BCUT2D eigenvalue weighted by molar-refractivity contribution is 7.78. The molecule has 0 N–H and O–H groups in total. The van der Waals surface area contributed by atoms with E-state index in [1.165, 1.54) is 0 Å². The second-order valence-electron chi connectivity index (χ2n) is 6.06. The number of hydrogen-bond acceptors (Lipinski definition) is 5.